The van der Waals surface area contributed by atoms with Gasteiger partial charge in [0.1, 0.15) is 10.5 Å². The first-order chi connectivity index (χ1) is 7.18. The fourth-order valence-corrected chi connectivity index (χ4v) is 1.64. The molecular formula is C11H9FN2S. The highest BCUT2D eigenvalue weighted by molar-refractivity contribution is 7.71. The summed E-state index contributed by atoms with van der Waals surface area (Å²) in [5, 5.41) is 0. The van der Waals surface area contributed by atoms with Crippen LogP contribution in [0.5, 0.6) is 0 Å². The number of rotatable bonds is 1. The van der Waals surface area contributed by atoms with Crippen LogP contribution in [-0.4, -0.2) is 9.97 Å². The van der Waals surface area contributed by atoms with Gasteiger partial charge in [-0.25, -0.2) is 9.37 Å². The number of halogens is 1. The van der Waals surface area contributed by atoms with Gasteiger partial charge in [-0.2, -0.15) is 0 Å². The van der Waals surface area contributed by atoms with Crippen LogP contribution in [0.2, 0.25) is 0 Å². The summed E-state index contributed by atoms with van der Waals surface area (Å²) in [6.07, 6.45) is 3.15. The van der Waals surface area contributed by atoms with E-state index in [0.29, 0.717) is 4.64 Å². The Labute approximate surface area is 91.8 Å². The van der Waals surface area contributed by atoms with E-state index < -0.39 is 0 Å². The van der Waals surface area contributed by atoms with E-state index in [1.165, 1.54) is 18.5 Å². The predicted octanol–water partition coefficient (Wildman–Crippen LogP) is 3.25. The molecule has 0 aliphatic carbocycles. The molecule has 0 amide bonds. The maximum absolute atomic E-state index is 13.1. The van der Waals surface area contributed by atoms with Crippen molar-refractivity contribution in [3.63, 3.8) is 0 Å². The molecule has 0 bridgehead atoms. The minimum atomic E-state index is -0.270. The molecule has 0 spiro atoms. The van der Waals surface area contributed by atoms with Crippen LogP contribution in [0, 0.1) is 17.4 Å². The molecule has 0 atom stereocenters. The van der Waals surface area contributed by atoms with E-state index in [4.69, 9.17) is 12.2 Å². The minimum Gasteiger partial charge on any atom is -0.337 e. The molecule has 15 heavy (non-hydrogen) atoms. The molecule has 1 aromatic carbocycles. The molecule has 76 valence electrons. The van der Waals surface area contributed by atoms with Crippen LogP contribution >= 0.6 is 12.2 Å². The monoisotopic (exact) mass is 220 g/mol. The van der Waals surface area contributed by atoms with Gasteiger partial charge >= 0.3 is 0 Å². The van der Waals surface area contributed by atoms with Gasteiger partial charge < -0.3 is 4.98 Å². The highest BCUT2D eigenvalue weighted by atomic mass is 32.1. The lowest BCUT2D eigenvalue weighted by Gasteiger charge is -2.05. The molecule has 0 fully saturated rings. The summed E-state index contributed by atoms with van der Waals surface area (Å²) in [5.41, 5.74) is 2.51. The number of nitrogens with zero attached hydrogens (tertiary/aromatic N) is 1. The zero-order valence-electron chi connectivity index (χ0n) is 8.12. The van der Waals surface area contributed by atoms with Crippen LogP contribution in [-0.2, 0) is 0 Å². The largest absolute Gasteiger partial charge is 0.337 e. The summed E-state index contributed by atoms with van der Waals surface area (Å²) < 4.78 is 13.7. The normalized spacial score (nSPS) is 10.3. The van der Waals surface area contributed by atoms with Gasteiger partial charge in [-0.3, -0.25) is 0 Å². The van der Waals surface area contributed by atoms with E-state index in [0.717, 1.165) is 16.7 Å². The standard InChI is InChI=1S/C11H9FN2S/c1-7-2-3-8(12)4-9(7)10-5-13-6-14-11(10)15/h2-6H,1H3,(H,13,14,15). The van der Waals surface area contributed by atoms with Gasteiger partial charge in [-0.05, 0) is 30.2 Å². The van der Waals surface area contributed by atoms with E-state index in [9.17, 15) is 4.39 Å². The number of H-pyrrole nitrogens is 1. The van der Waals surface area contributed by atoms with Gasteiger partial charge in [-0.1, -0.05) is 18.3 Å². The van der Waals surface area contributed by atoms with Crippen molar-refractivity contribution in [1.29, 1.82) is 0 Å². The van der Waals surface area contributed by atoms with Gasteiger partial charge in [0, 0.05) is 11.8 Å². The Morgan fingerprint density at radius 1 is 1.33 bits per heavy atom. The van der Waals surface area contributed by atoms with Crippen LogP contribution in [0.4, 0.5) is 4.39 Å². The van der Waals surface area contributed by atoms with E-state index in [2.05, 4.69) is 9.97 Å². The Hall–Kier alpha value is -1.55. The molecule has 0 unspecified atom stereocenters. The van der Waals surface area contributed by atoms with Gasteiger partial charge in [0.2, 0.25) is 0 Å². The van der Waals surface area contributed by atoms with Crippen molar-refractivity contribution in [3.8, 4) is 11.1 Å². The van der Waals surface area contributed by atoms with Crippen LogP contribution < -0.4 is 0 Å². The number of nitrogens with one attached hydrogen (secondary N) is 1. The second-order valence-electron chi connectivity index (χ2n) is 3.25. The average molecular weight is 220 g/mol. The SMILES string of the molecule is Cc1ccc(F)cc1-c1cnc[nH]c1=S. The minimum absolute atomic E-state index is 0.270. The van der Waals surface area contributed by atoms with E-state index >= 15 is 0 Å². The van der Waals surface area contributed by atoms with Crippen molar-refractivity contribution >= 4 is 12.2 Å². The molecule has 2 nitrogen and oxygen atoms in total. The van der Waals surface area contributed by atoms with Crippen molar-refractivity contribution in [2.75, 3.05) is 0 Å². The van der Waals surface area contributed by atoms with Crippen LogP contribution in [0.3, 0.4) is 0 Å². The smallest absolute Gasteiger partial charge is 0.123 e. The Bertz CT molecular complexity index is 548. The molecule has 0 aliphatic heterocycles. The van der Waals surface area contributed by atoms with Gasteiger partial charge in [0.25, 0.3) is 0 Å². The third-order valence-corrected chi connectivity index (χ3v) is 2.55. The Morgan fingerprint density at radius 2 is 2.13 bits per heavy atom. The number of aromatic nitrogens is 2. The summed E-state index contributed by atoms with van der Waals surface area (Å²) >= 11 is 5.12. The Morgan fingerprint density at radius 3 is 2.87 bits per heavy atom. The first-order valence-corrected chi connectivity index (χ1v) is 4.88. The molecule has 0 saturated heterocycles. The second-order valence-corrected chi connectivity index (χ2v) is 3.66. The Kier molecular flexibility index (Phi) is 2.60. The molecule has 0 saturated carbocycles. The third-order valence-electron chi connectivity index (χ3n) is 2.21. The molecule has 0 radical (unpaired) electrons. The number of aryl methyl sites for hydroxylation is 1. The first-order valence-electron chi connectivity index (χ1n) is 4.47. The Balaban J connectivity index is 2.69. The summed E-state index contributed by atoms with van der Waals surface area (Å²) in [4.78, 5) is 6.77. The maximum Gasteiger partial charge on any atom is 0.123 e. The molecule has 1 N–H and O–H groups in total. The molecule has 2 aromatic rings. The maximum atomic E-state index is 13.1. The molecule has 4 heteroatoms. The zero-order chi connectivity index (χ0) is 10.8. The third kappa shape index (κ3) is 1.94. The van der Waals surface area contributed by atoms with Gasteiger partial charge in [-0.15, -0.1) is 0 Å². The van der Waals surface area contributed by atoms with Gasteiger partial charge in [0.05, 0.1) is 6.33 Å². The molecule has 0 aliphatic rings. The fourth-order valence-electron chi connectivity index (χ4n) is 1.42. The molecule has 1 aromatic heterocycles. The van der Waals surface area contributed by atoms with Crippen molar-refractivity contribution in [3.05, 3.63) is 46.7 Å². The van der Waals surface area contributed by atoms with Crippen LogP contribution in [0.1, 0.15) is 5.56 Å². The summed E-state index contributed by atoms with van der Waals surface area (Å²) in [6, 6.07) is 4.63. The van der Waals surface area contributed by atoms with Crippen molar-refractivity contribution in [1.82, 2.24) is 9.97 Å². The van der Waals surface area contributed by atoms with Crippen molar-refractivity contribution in [2.45, 2.75) is 6.92 Å². The van der Waals surface area contributed by atoms with Crippen LogP contribution in [0.15, 0.2) is 30.7 Å². The molecule has 2 rings (SSSR count). The lowest BCUT2D eigenvalue weighted by molar-refractivity contribution is 0.628. The quantitative estimate of drug-likeness (QED) is 0.747. The first kappa shape index (κ1) is 9.98. The van der Waals surface area contributed by atoms with Gasteiger partial charge in [0.15, 0.2) is 0 Å². The zero-order valence-corrected chi connectivity index (χ0v) is 8.94. The number of aromatic amines is 1. The van der Waals surface area contributed by atoms with E-state index in [1.807, 2.05) is 6.92 Å². The number of hydrogen-bond acceptors (Lipinski definition) is 2. The topological polar surface area (TPSA) is 28.7 Å². The molecular weight excluding hydrogens is 211 g/mol. The summed E-state index contributed by atoms with van der Waals surface area (Å²) in [6.45, 7) is 1.91. The lowest BCUT2D eigenvalue weighted by Crippen LogP contribution is -1.89. The molecule has 1 heterocycles. The van der Waals surface area contributed by atoms with Crippen LogP contribution in [0.25, 0.3) is 11.1 Å². The van der Waals surface area contributed by atoms with Crippen molar-refractivity contribution in [2.24, 2.45) is 0 Å². The second kappa shape index (κ2) is 3.90. The highest BCUT2D eigenvalue weighted by Crippen LogP contribution is 2.23. The lowest BCUT2D eigenvalue weighted by atomic mass is 10.0. The summed E-state index contributed by atoms with van der Waals surface area (Å²) in [7, 11) is 0. The number of benzene rings is 1. The van der Waals surface area contributed by atoms with E-state index in [-0.39, 0.29) is 5.82 Å². The predicted molar refractivity (Wildman–Crippen MR) is 59.6 cm³/mol. The fraction of sp³-hybridized carbons (Fsp3) is 0.0909. The van der Waals surface area contributed by atoms with E-state index in [1.54, 1.807) is 12.3 Å². The highest BCUT2D eigenvalue weighted by Gasteiger charge is 2.05. The summed E-state index contributed by atoms with van der Waals surface area (Å²) in [5.74, 6) is -0.270. The van der Waals surface area contributed by atoms with Crippen molar-refractivity contribution < 1.29 is 4.39 Å². The average Bonchev–Trinajstić information content (AvgIpc) is 2.23. The number of hydrogen-bond donors (Lipinski definition) is 1.